The average Bonchev–Trinajstić information content (AvgIpc) is 3.20. The van der Waals surface area contributed by atoms with Crippen LogP contribution in [0.15, 0.2) is 28.4 Å². The predicted octanol–water partition coefficient (Wildman–Crippen LogP) is 2.49. The molecule has 8 heteroatoms. The SMILES string of the molecule is CCOC(=O)Cc1nc2scc(-c3ccc4c(c3)OCO4)c2c(=O)[nH]1. The van der Waals surface area contributed by atoms with Gasteiger partial charge in [-0.15, -0.1) is 11.3 Å². The molecule has 1 N–H and O–H groups in total. The number of ether oxygens (including phenoxy) is 3. The molecular weight excluding hydrogens is 344 g/mol. The number of hydrogen-bond acceptors (Lipinski definition) is 7. The van der Waals surface area contributed by atoms with Crippen molar-refractivity contribution in [2.75, 3.05) is 13.4 Å². The largest absolute Gasteiger partial charge is 0.466 e. The first kappa shape index (κ1) is 15.6. The number of nitrogens with one attached hydrogen (secondary N) is 1. The second-order valence-electron chi connectivity index (χ2n) is 5.39. The summed E-state index contributed by atoms with van der Waals surface area (Å²) in [6.45, 7) is 2.22. The third-order valence-electron chi connectivity index (χ3n) is 3.79. The lowest BCUT2D eigenvalue weighted by molar-refractivity contribution is -0.142. The Morgan fingerprint density at radius 1 is 1.36 bits per heavy atom. The molecule has 0 saturated carbocycles. The van der Waals surface area contributed by atoms with E-state index in [0.29, 0.717) is 34.1 Å². The van der Waals surface area contributed by atoms with Gasteiger partial charge >= 0.3 is 5.97 Å². The highest BCUT2D eigenvalue weighted by atomic mass is 32.1. The Morgan fingerprint density at radius 3 is 3.04 bits per heavy atom. The fourth-order valence-electron chi connectivity index (χ4n) is 2.70. The zero-order chi connectivity index (χ0) is 17.4. The number of hydrogen-bond donors (Lipinski definition) is 1. The van der Waals surface area contributed by atoms with Crippen LogP contribution in [0.5, 0.6) is 11.5 Å². The number of carbonyl (C=O) groups excluding carboxylic acids is 1. The average molecular weight is 358 g/mol. The Balaban J connectivity index is 1.74. The van der Waals surface area contributed by atoms with Gasteiger partial charge in [0.1, 0.15) is 17.1 Å². The normalized spacial score (nSPS) is 12.5. The van der Waals surface area contributed by atoms with Gasteiger partial charge in [0.15, 0.2) is 11.5 Å². The minimum absolute atomic E-state index is 0.0592. The first-order chi connectivity index (χ1) is 12.2. The fraction of sp³-hybridized carbons (Fsp3) is 0.235. The van der Waals surface area contributed by atoms with Crippen molar-refractivity contribution < 1.29 is 19.0 Å². The highest BCUT2D eigenvalue weighted by molar-refractivity contribution is 7.17. The molecule has 0 radical (unpaired) electrons. The molecule has 1 aromatic carbocycles. The number of carbonyl (C=O) groups is 1. The first-order valence-electron chi connectivity index (χ1n) is 7.71. The maximum absolute atomic E-state index is 12.5. The van der Waals surface area contributed by atoms with Crippen LogP contribution in [-0.2, 0) is 16.0 Å². The zero-order valence-electron chi connectivity index (χ0n) is 13.3. The van der Waals surface area contributed by atoms with Gasteiger partial charge in [0.2, 0.25) is 6.79 Å². The van der Waals surface area contributed by atoms with Crippen LogP contribution in [0.1, 0.15) is 12.7 Å². The van der Waals surface area contributed by atoms with Crippen LogP contribution in [0.2, 0.25) is 0 Å². The van der Waals surface area contributed by atoms with Crippen LogP contribution in [0, 0.1) is 0 Å². The molecule has 0 amide bonds. The number of H-pyrrole nitrogens is 1. The molecule has 25 heavy (non-hydrogen) atoms. The van der Waals surface area contributed by atoms with E-state index >= 15 is 0 Å². The molecule has 7 nitrogen and oxygen atoms in total. The van der Waals surface area contributed by atoms with Crippen molar-refractivity contribution in [1.29, 1.82) is 0 Å². The van der Waals surface area contributed by atoms with Gasteiger partial charge in [-0.2, -0.15) is 0 Å². The van der Waals surface area contributed by atoms with Crippen molar-refractivity contribution in [1.82, 2.24) is 9.97 Å². The van der Waals surface area contributed by atoms with Gasteiger partial charge in [0.25, 0.3) is 5.56 Å². The van der Waals surface area contributed by atoms with Crippen molar-refractivity contribution in [3.8, 4) is 22.6 Å². The lowest BCUT2D eigenvalue weighted by Gasteiger charge is -2.03. The lowest BCUT2D eigenvalue weighted by atomic mass is 10.1. The highest BCUT2D eigenvalue weighted by Gasteiger charge is 2.18. The van der Waals surface area contributed by atoms with Crippen LogP contribution < -0.4 is 15.0 Å². The van der Waals surface area contributed by atoms with Crippen molar-refractivity contribution in [3.05, 3.63) is 39.8 Å². The number of thiophene rings is 1. The summed E-state index contributed by atoms with van der Waals surface area (Å²) in [4.78, 5) is 31.8. The summed E-state index contributed by atoms with van der Waals surface area (Å²) in [5.41, 5.74) is 1.34. The summed E-state index contributed by atoms with van der Waals surface area (Å²) < 4.78 is 15.6. The number of aromatic nitrogens is 2. The lowest BCUT2D eigenvalue weighted by Crippen LogP contribution is -2.16. The summed E-state index contributed by atoms with van der Waals surface area (Å²) in [7, 11) is 0. The van der Waals surface area contributed by atoms with E-state index in [4.69, 9.17) is 14.2 Å². The second-order valence-corrected chi connectivity index (χ2v) is 6.25. The molecular formula is C17H14N2O5S. The van der Waals surface area contributed by atoms with Gasteiger partial charge in [-0.3, -0.25) is 9.59 Å². The van der Waals surface area contributed by atoms with Crippen molar-refractivity contribution >= 4 is 27.5 Å². The summed E-state index contributed by atoms with van der Waals surface area (Å²) >= 11 is 1.36. The summed E-state index contributed by atoms with van der Waals surface area (Å²) in [6.07, 6.45) is -0.0592. The Labute approximate surface area is 146 Å². The summed E-state index contributed by atoms with van der Waals surface area (Å²) in [5.74, 6) is 1.22. The van der Waals surface area contributed by atoms with E-state index in [1.807, 2.05) is 23.6 Å². The molecule has 0 unspecified atom stereocenters. The van der Waals surface area contributed by atoms with Crippen LogP contribution in [0.3, 0.4) is 0 Å². The van der Waals surface area contributed by atoms with Crippen LogP contribution in [0.4, 0.5) is 0 Å². The van der Waals surface area contributed by atoms with Crippen molar-refractivity contribution in [3.63, 3.8) is 0 Å². The van der Waals surface area contributed by atoms with Gasteiger partial charge in [-0.25, -0.2) is 4.98 Å². The molecule has 4 rings (SSSR count). The number of fused-ring (bicyclic) bond motifs is 2. The Bertz CT molecular complexity index is 1020. The number of nitrogens with zero attached hydrogens (tertiary/aromatic N) is 1. The third kappa shape index (κ3) is 2.85. The zero-order valence-corrected chi connectivity index (χ0v) is 14.1. The number of aromatic amines is 1. The summed E-state index contributed by atoms with van der Waals surface area (Å²) in [5, 5.41) is 2.37. The number of rotatable bonds is 4. The number of benzene rings is 1. The molecule has 3 aromatic rings. The fourth-order valence-corrected chi connectivity index (χ4v) is 3.67. The maximum Gasteiger partial charge on any atom is 0.313 e. The molecule has 0 bridgehead atoms. The van der Waals surface area contributed by atoms with E-state index in [-0.39, 0.29) is 18.8 Å². The molecule has 1 aliphatic rings. The van der Waals surface area contributed by atoms with Gasteiger partial charge < -0.3 is 19.2 Å². The highest BCUT2D eigenvalue weighted by Crippen LogP contribution is 2.38. The van der Waals surface area contributed by atoms with E-state index in [0.717, 1.165) is 11.1 Å². The van der Waals surface area contributed by atoms with Crippen LogP contribution in [-0.4, -0.2) is 29.3 Å². The molecule has 0 spiro atoms. The second kappa shape index (κ2) is 6.21. The molecule has 1 aliphatic heterocycles. The van der Waals surface area contributed by atoms with E-state index in [1.54, 1.807) is 6.92 Å². The van der Waals surface area contributed by atoms with Gasteiger partial charge in [0, 0.05) is 10.9 Å². The Kier molecular flexibility index (Phi) is 3.89. The maximum atomic E-state index is 12.5. The molecule has 0 aliphatic carbocycles. The standard InChI is InChI=1S/C17H14N2O5S/c1-2-22-14(20)6-13-18-16(21)15-10(7-25-17(15)19-13)9-3-4-11-12(5-9)24-8-23-11/h3-5,7H,2,6,8H2,1H3,(H,18,19,21). The molecule has 0 atom stereocenters. The van der Waals surface area contributed by atoms with Crippen molar-refractivity contribution in [2.45, 2.75) is 13.3 Å². The molecule has 3 heterocycles. The van der Waals surface area contributed by atoms with E-state index < -0.39 is 5.97 Å². The van der Waals surface area contributed by atoms with Gasteiger partial charge in [-0.05, 0) is 24.6 Å². The van der Waals surface area contributed by atoms with E-state index in [2.05, 4.69) is 9.97 Å². The van der Waals surface area contributed by atoms with Crippen molar-refractivity contribution in [2.24, 2.45) is 0 Å². The third-order valence-corrected chi connectivity index (χ3v) is 4.67. The molecule has 128 valence electrons. The quantitative estimate of drug-likeness (QED) is 0.721. The van der Waals surface area contributed by atoms with Gasteiger partial charge in [0.05, 0.1) is 12.0 Å². The van der Waals surface area contributed by atoms with Crippen LogP contribution in [0.25, 0.3) is 21.3 Å². The minimum Gasteiger partial charge on any atom is -0.466 e. The molecule has 0 fully saturated rings. The van der Waals surface area contributed by atoms with E-state index in [9.17, 15) is 9.59 Å². The molecule has 0 saturated heterocycles. The smallest absolute Gasteiger partial charge is 0.313 e. The predicted molar refractivity (Wildman–Crippen MR) is 92.1 cm³/mol. The number of esters is 1. The Hall–Kier alpha value is -2.87. The first-order valence-corrected chi connectivity index (χ1v) is 8.59. The van der Waals surface area contributed by atoms with E-state index in [1.165, 1.54) is 11.3 Å². The monoisotopic (exact) mass is 358 g/mol. The Morgan fingerprint density at radius 2 is 2.20 bits per heavy atom. The summed E-state index contributed by atoms with van der Waals surface area (Å²) in [6, 6.07) is 5.54. The van der Waals surface area contributed by atoms with Crippen LogP contribution >= 0.6 is 11.3 Å². The minimum atomic E-state index is -0.419. The topological polar surface area (TPSA) is 90.5 Å². The van der Waals surface area contributed by atoms with Gasteiger partial charge in [-0.1, -0.05) is 6.07 Å². The molecule has 2 aromatic heterocycles.